The quantitative estimate of drug-likeness (QED) is 0.652. The lowest BCUT2D eigenvalue weighted by atomic mass is 10.3. The van der Waals surface area contributed by atoms with Crippen molar-refractivity contribution in [3.8, 4) is 5.75 Å². The summed E-state index contributed by atoms with van der Waals surface area (Å²) in [6.45, 7) is 0. The molecule has 0 aromatic heterocycles. The molecule has 2 nitrogen and oxygen atoms in total. The lowest BCUT2D eigenvalue weighted by molar-refractivity contribution is 0.503. The number of hydrogen-bond donors (Lipinski definition) is 0. The highest BCUT2D eigenvalue weighted by atomic mass is 35.5. The summed E-state index contributed by atoms with van der Waals surface area (Å²) in [5.41, 5.74) is 0. The van der Waals surface area contributed by atoms with E-state index in [9.17, 15) is 4.57 Å². The smallest absolute Gasteiger partial charge is 0.306 e. The third-order valence-corrected chi connectivity index (χ3v) is 5.92. The van der Waals surface area contributed by atoms with E-state index in [4.69, 9.17) is 16.1 Å². The third kappa shape index (κ3) is 3.09. The van der Waals surface area contributed by atoms with Crippen molar-refractivity contribution in [1.82, 2.24) is 0 Å². The van der Waals surface area contributed by atoms with Crippen LogP contribution in [0.2, 0.25) is 5.02 Å². The van der Waals surface area contributed by atoms with Crippen molar-refractivity contribution in [2.45, 2.75) is 0 Å². The van der Waals surface area contributed by atoms with Crippen LogP contribution in [0.25, 0.3) is 0 Å². The summed E-state index contributed by atoms with van der Waals surface area (Å²) in [5, 5.41) is 1.94. The van der Waals surface area contributed by atoms with Crippen LogP contribution in [0.1, 0.15) is 0 Å². The van der Waals surface area contributed by atoms with Gasteiger partial charge in [0.1, 0.15) is 5.75 Å². The largest absolute Gasteiger partial charge is 0.437 e. The predicted molar refractivity (Wildman–Crippen MR) is 91.8 cm³/mol. The number of hydrogen-bond acceptors (Lipinski definition) is 2. The van der Waals surface area contributed by atoms with Gasteiger partial charge in [0.25, 0.3) is 0 Å². The standard InChI is InChI=1S/C18H14ClO2P/c19-15-11-13-16(14-12-15)21-22(20,17-7-3-1-4-8-17)18-9-5-2-6-10-18/h1-14H. The zero-order valence-corrected chi connectivity index (χ0v) is 13.4. The Kier molecular flexibility index (Phi) is 4.33. The Morgan fingerprint density at radius 3 is 1.59 bits per heavy atom. The zero-order chi connectivity index (χ0) is 15.4. The van der Waals surface area contributed by atoms with E-state index in [-0.39, 0.29) is 0 Å². The second-order valence-electron chi connectivity index (χ2n) is 4.77. The molecule has 3 aromatic carbocycles. The summed E-state index contributed by atoms with van der Waals surface area (Å²) in [4.78, 5) is 0. The molecular weight excluding hydrogens is 315 g/mol. The summed E-state index contributed by atoms with van der Waals surface area (Å²) in [6, 6.07) is 25.4. The Morgan fingerprint density at radius 2 is 1.14 bits per heavy atom. The molecule has 0 aliphatic rings. The SMILES string of the molecule is O=P(Oc1ccc(Cl)cc1)(c1ccccc1)c1ccccc1. The van der Waals surface area contributed by atoms with Gasteiger partial charge < -0.3 is 4.52 Å². The second-order valence-corrected chi connectivity index (χ2v) is 7.52. The van der Waals surface area contributed by atoms with Gasteiger partial charge in [-0.25, -0.2) is 0 Å². The molecule has 0 aliphatic carbocycles. The van der Waals surface area contributed by atoms with Gasteiger partial charge in [0.15, 0.2) is 0 Å². The van der Waals surface area contributed by atoms with Crippen LogP contribution in [0.15, 0.2) is 84.9 Å². The van der Waals surface area contributed by atoms with Crippen LogP contribution in [-0.4, -0.2) is 0 Å². The molecule has 0 aliphatic heterocycles. The van der Waals surface area contributed by atoms with E-state index < -0.39 is 7.37 Å². The van der Waals surface area contributed by atoms with E-state index in [1.54, 1.807) is 24.3 Å². The van der Waals surface area contributed by atoms with Gasteiger partial charge in [-0.05, 0) is 48.5 Å². The molecule has 0 amide bonds. The van der Waals surface area contributed by atoms with Crippen molar-refractivity contribution in [2.24, 2.45) is 0 Å². The van der Waals surface area contributed by atoms with Crippen molar-refractivity contribution in [2.75, 3.05) is 0 Å². The molecule has 0 saturated carbocycles. The molecule has 0 saturated heterocycles. The van der Waals surface area contributed by atoms with E-state index in [1.807, 2.05) is 60.7 Å². The summed E-state index contributed by atoms with van der Waals surface area (Å²) >= 11 is 5.89. The highest BCUT2D eigenvalue weighted by Gasteiger charge is 2.29. The Morgan fingerprint density at radius 1 is 0.682 bits per heavy atom. The summed E-state index contributed by atoms with van der Waals surface area (Å²) in [7, 11) is -3.20. The highest BCUT2D eigenvalue weighted by Crippen LogP contribution is 2.45. The molecule has 22 heavy (non-hydrogen) atoms. The lowest BCUT2D eigenvalue weighted by Gasteiger charge is -2.20. The minimum Gasteiger partial charge on any atom is -0.437 e. The van der Waals surface area contributed by atoms with Crippen molar-refractivity contribution >= 4 is 29.6 Å². The van der Waals surface area contributed by atoms with Gasteiger partial charge in [-0.1, -0.05) is 48.0 Å². The zero-order valence-electron chi connectivity index (χ0n) is 11.7. The molecule has 0 atom stereocenters. The normalized spacial score (nSPS) is 11.1. The summed E-state index contributed by atoms with van der Waals surface area (Å²) in [6.07, 6.45) is 0. The minimum absolute atomic E-state index is 0.528. The Labute approximate surface area is 134 Å². The maximum absolute atomic E-state index is 13.6. The average Bonchev–Trinajstić information content (AvgIpc) is 2.58. The molecule has 0 radical (unpaired) electrons. The lowest BCUT2D eigenvalue weighted by Crippen LogP contribution is -2.19. The molecule has 0 N–H and O–H groups in total. The van der Waals surface area contributed by atoms with Crippen LogP contribution < -0.4 is 15.1 Å². The average molecular weight is 329 g/mol. The molecule has 0 heterocycles. The van der Waals surface area contributed by atoms with Gasteiger partial charge in [-0.2, -0.15) is 0 Å². The van der Waals surface area contributed by atoms with Gasteiger partial charge in [-0.3, -0.25) is 4.57 Å². The van der Waals surface area contributed by atoms with Crippen molar-refractivity contribution in [3.63, 3.8) is 0 Å². The van der Waals surface area contributed by atoms with Crippen LogP contribution in [0, 0.1) is 0 Å². The van der Waals surface area contributed by atoms with Gasteiger partial charge in [0.2, 0.25) is 0 Å². The van der Waals surface area contributed by atoms with Crippen LogP contribution >= 0.6 is 19.0 Å². The molecule has 0 spiro atoms. The molecule has 3 rings (SSSR count). The number of halogens is 1. The van der Waals surface area contributed by atoms with Crippen molar-refractivity contribution in [1.29, 1.82) is 0 Å². The first kappa shape index (κ1) is 14.9. The first-order chi connectivity index (χ1) is 10.7. The van der Waals surface area contributed by atoms with Crippen molar-refractivity contribution in [3.05, 3.63) is 90.0 Å². The monoisotopic (exact) mass is 328 g/mol. The van der Waals surface area contributed by atoms with Gasteiger partial charge in [0.05, 0.1) is 10.6 Å². The van der Waals surface area contributed by atoms with Crippen LogP contribution in [0.5, 0.6) is 5.75 Å². The van der Waals surface area contributed by atoms with Gasteiger partial charge in [0, 0.05) is 5.02 Å². The van der Waals surface area contributed by atoms with E-state index in [1.165, 1.54) is 0 Å². The first-order valence-electron chi connectivity index (χ1n) is 6.85. The molecule has 110 valence electrons. The van der Waals surface area contributed by atoms with Gasteiger partial charge in [-0.15, -0.1) is 0 Å². The van der Waals surface area contributed by atoms with E-state index >= 15 is 0 Å². The number of rotatable bonds is 4. The Balaban J connectivity index is 2.08. The van der Waals surface area contributed by atoms with E-state index in [0.717, 1.165) is 0 Å². The molecule has 0 unspecified atom stereocenters. The maximum Gasteiger partial charge on any atom is 0.306 e. The van der Waals surface area contributed by atoms with Gasteiger partial charge >= 0.3 is 7.37 Å². The van der Waals surface area contributed by atoms with E-state index in [0.29, 0.717) is 21.4 Å². The van der Waals surface area contributed by atoms with Crippen LogP contribution in [-0.2, 0) is 4.57 Å². The third-order valence-electron chi connectivity index (χ3n) is 3.24. The first-order valence-corrected chi connectivity index (χ1v) is 8.85. The number of benzene rings is 3. The fraction of sp³-hybridized carbons (Fsp3) is 0. The molecule has 0 fully saturated rings. The molecule has 3 aromatic rings. The van der Waals surface area contributed by atoms with Crippen LogP contribution in [0.4, 0.5) is 0 Å². The Hall–Kier alpha value is -2.02. The van der Waals surface area contributed by atoms with E-state index in [2.05, 4.69) is 0 Å². The highest BCUT2D eigenvalue weighted by molar-refractivity contribution is 7.74. The minimum atomic E-state index is -3.20. The second kappa shape index (κ2) is 6.39. The Bertz CT molecular complexity index is 743. The van der Waals surface area contributed by atoms with Crippen molar-refractivity contribution < 1.29 is 9.09 Å². The fourth-order valence-electron chi connectivity index (χ4n) is 2.15. The molecule has 4 heteroatoms. The predicted octanol–water partition coefficient (Wildman–Crippen LogP) is 4.65. The molecule has 0 bridgehead atoms. The topological polar surface area (TPSA) is 26.3 Å². The summed E-state index contributed by atoms with van der Waals surface area (Å²) in [5.74, 6) is 0.528. The summed E-state index contributed by atoms with van der Waals surface area (Å²) < 4.78 is 19.5. The van der Waals surface area contributed by atoms with Crippen LogP contribution in [0.3, 0.4) is 0 Å². The molecular formula is C18H14ClO2P. The maximum atomic E-state index is 13.6. The fourth-order valence-corrected chi connectivity index (χ4v) is 4.33.